The van der Waals surface area contributed by atoms with E-state index in [0.717, 1.165) is 11.0 Å². The predicted molar refractivity (Wildman–Crippen MR) is 81.2 cm³/mol. The van der Waals surface area contributed by atoms with Gasteiger partial charge in [-0.15, -0.1) is 11.7 Å². The molecule has 0 fully saturated rings. The molecule has 1 aromatic carbocycles. The first-order valence-electron chi connectivity index (χ1n) is 5.32. The molecule has 16 heavy (non-hydrogen) atoms. The molecule has 0 heterocycles. The minimum Gasteiger partial charge on any atom is -0.311 e. The van der Waals surface area contributed by atoms with Crippen LogP contribution in [0.25, 0.3) is 0 Å². The lowest BCUT2D eigenvalue weighted by Crippen LogP contribution is -2.43. The van der Waals surface area contributed by atoms with Gasteiger partial charge in [-0.05, 0) is 38.1 Å². The molecular formula is C12H18BrNS2. The standard InChI is InChI=1S/C12H18BrNS2/c1-4-14-12(2,3)11(16-15)9-5-7-10(13)8-6-9/h5-8,11,14-15H,4H2,1-3H3/t11-/m0/s1. The van der Waals surface area contributed by atoms with Crippen molar-refractivity contribution in [3.05, 3.63) is 34.3 Å². The van der Waals surface area contributed by atoms with Crippen LogP contribution in [0.3, 0.4) is 0 Å². The van der Waals surface area contributed by atoms with Crippen LogP contribution in [0.15, 0.2) is 28.7 Å². The van der Waals surface area contributed by atoms with Crippen LogP contribution >= 0.6 is 38.4 Å². The molecule has 1 aromatic rings. The minimum absolute atomic E-state index is 0.0367. The van der Waals surface area contributed by atoms with Gasteiger partial charge >= 0.3 is 0 Å². The third-order valence-corrected chi connectivity index (χ3v) is 4.80. The molecule has 0 spiro atoms. The molecule has 1 atom stereocenters. The van der Waals surface area contributed by atoms with Crippen molar-refractivity contribution in [1.82, 2.24) is 5.32 Å². The quantitative estimate of drug-likeness (QED) is 0.614. The molecule has 1 rings (SSSR count). The number of likely N-dealkylation sites (N-methyl/N-ethyl adjacent to an activating group) is 1. The number of benzene rings is 1. The van der Waals surface area contributed by atoms with Gasteiger partial charge in [0.05, 0.1) is 5.25 Å². The summed E-state index contributed by atoms with van der Waals surface area (Å²) in [7, 11) is 1.59. The van der Waals surface area contributed by atoms with Gasteiger partial charge in [0, 0.05) is 10.0 Å². The Hall–Kier alpha value is 0.360. The van der Waals surface area contributed by atoms with E-state index < -0.39 is 0 Å². The smallest absolute Gasteiger partial charge is 0.0574 e. The first-order chi connectivity index (χ1) is 7.51. The lowest BCUT2D eigenvalue weighted by Gasteiger charge is -2.34. The minimum atomic E-state index is 0.0367. The zero-order valence-electron chi connectivity index (χ0n) is 9.83. The number of hydrogen-bond donors (Lipinski definition) is 2. The van der Waals surface area contributed by atoms with Crippen molar-refractivity contribution in [3.63, 3.8) is 0 Å². The lowest BCUT2D eigenvalue weighted by molar-refractivity contribution is 0.391. The number of thiol groups is 1. The Morgan fingerprint density at radius 1 is 1.38 bits per heavy atom. The molecule has 0 aliphatic heterocycles. The molecule has 1 nitrogen and oxygen atoms in total. The maximum absolute atomic E-state index is 4.40. The van der Waals surface area contributed by atoms with E-state index in [9.17, 15) is 0 Å². The molecule has 0 saturated carbocycles. The molecule has 1 N–H and O–H groups in total. The summed E-state index contributed by atoms with van der Waals surface area (Å²) in [5.41, 5.74) is 1.34. The zero-order chi connectivity index (χ0) is 12.2. The van der Waals surface area contributed by atoms with Crippen molar-refractivity contribution in [1.29, 1.82) is 0 Å². The van der Waals surface area contributed by atoms with Crippen LogP contribution in [0.4, 0.5) is 0 Å². The van der Waals surface area contributed by atoms with Gasteiger partial charge in [0.2, 0.25) is 0 Å². The molecule has 0 unspecified atom stereocenters. The van der Waals surface area contributed by atoms with E-state index in [2.05, 4.69) is 77.9 Å². The van der Waals surface area contributed by atoms with Crippen LogP contribution in [0.5, 0.6) is 0 Å². The molecule has 0 saturated heterocycles. The molecule has 0 radical (unpaired) electrons. The van der Waals surface area contributed by atoms with E-state index in [1.807, 2.05) is 0 Å². The molecule has 0 aliphatic rings. The number of nitrogens with one attached hydrogen (secondary N) is 1. The second kappa shape index (κ2) is 6.34. The summed E-state index contributed by atoms with van der Waals surface area (Å²) in [6.45, 7) is 7.52. The lowest BCUT2D eigenvalue weighted by atomic mass is 9.94. The van der Waals surface area contributed by atoms with Crippen molar-refractivity contribution in [2.24, 2.45) is 0 Å². The molecule has 0 bridgehead atoms. The van der Waals surface area contributed by atoms with Crippen LogP contribution in [0.1, 0.15) is 31.6 Å². The maximum Gasteiger partial charge on any atom is 0.0574 e. The van der Waals surface area contributed by atoms with Gasteiger partial charge in [0.15, 0.2) is 0 Å². The fourth-order valence-corrected chi connectivity index (χ4v) is 3.84. The average Bonchev–Trinajstić information content (AvgIpc) is 2.21. The van der Waals surface area contributed by atoms with E-state index in [1.54, 1.807) is 10.8 Å². The van der Waals surface area contributed by atoms with Crippen LogP contribution in [0.2, 0.25) is 0 Å². The Kier molecular flexibility index (Phi) is 5.71. The number of halogens is 1. The highest BCUT2D eigenvalue weighted by Crippen LogP contribution is 2.40. The van der Waals surface area contributed by atoms with Crippen LogP contribution in [-0.2, 0) is 0 Å². The van der Waals surface area contributed by atoms with E-state index in [-0.39, 0.29) is 5.54 Å². The normalized spacial score (nSPS) is 13.8. The summed E-state index contributed by atoms with van der Waals surface area (Å²) in [4.78, 5) is 0. The van der Waals surface area contributed by atoms with Crippen LogP contribution in [0, 0.1) is 0 Å². The second-order valence-electron chi connectivity index (χ2n) is 4.29. The predicted octanol–water partition coefficient (Wildman–Crippen LogP) is 4.46. The highest BCUT2D eigenvalue weighted by atomic mass is 79.9. The van der Waals surface area contributed by atoms with Crippen molar-refractivity contribution < 1.29 is 0 Å². The number of hydrogen-bond acceptors (Lipinski definition) is 3. The topological polar surface area (TPSA) is 12.0 Å². The summed E-state index contributed by atoms with van der Waals surface area (Å²) >= 11 is 7.86. The van der Waals surface area contributed by atoms with Gasteiger partial charge in [0.1, 0.15) is 0 Å². The van der Waals surface area contributed by atoms with E-state index in [0.29, 0.717) is 5.25 Å². The van der Waals surface area contributed by atoms with Crippen molar-refractivity contribution in [2.75, 3.05) is 6.54 Å². The highest BCUT2D eigenvalue weighted by molar-refractivity contribution is 9.10. The van der Waals surface area contributed by atoms with Crippen molar-refractivity contribution in [3.8, 4) is 0 Å². The third-order valence-electron chi connectivity index (χ3n) is 2.57. The Bertz CT molecular complexity index is 324. The fraction of sp³-hybridized carbons (Fsp3) is 0.500. The largest absolute Gasteiger partial charge is 0.311 e. The van der Waals surface area contributed by atoms with Crippen molar-refractivity contribution in [2.45, 2.75) is 31.6 Å². The highest BCUT2D eigenvalue weighted by Gasteiger charge is 2.29. The molecule has 4 heteroatoms. The average molecular weight is 320 g/mol. The summed E-state index contributed by atoms with van der Waals surface area (Å²) in [6.07, 6.45) is 0. The Morgan fingerprint density at radius 3 is 2.38 bits per heavy atom. The van der Waals surface area contributed by atoms with Crippen LogP contribution < -0.4 is 5.32 Å². The SMILES string of the molecule is CCNC(C)(C)[C@@H](SS)c1ccc(Br)cc1. The molecule has 0 aromatic heterocycles. The summed E-state index contributed by atoms with van der Waals surface area (Å²) in [5.74, 6) is 0. The summed E-state index contributed by atoms with van der Waals surface area (Å²) < 4.78 is 1.11. The van der Waals surface area contributed by atoms with E-state index in [4.69, 9.17) is 0 Å². The maximum atomic E-state index is 4.40. The molecule has 0 amide bonds. The van der Waals surface area contributed by atoms with Gasteiger partial charge in [-0.1, -0.05) is 45.8 Å². The first-order valence-corrected chi connectivity index (χ1v) is 8.04. The zero-order valence-corrected chi connectivity index (χ0v) is 13.1. The van der Waals surface area contributed by atoms with Crippen molar-refractivity contribution >= 4 is 38.4 Å². The fourth-order valence-electron chi connectivity index (χ4n) is 1.80. The second-order valence-corrected chi connectivity index (χ2v) is 6.52. The first kappa shape index (κ1) is 14.4. The Labute approximate surface area is 116 Å². The van der Waals surface area contributed by atoms with Gasteiger partial charge in [0.25, 0.3) is 0 Å². The Morgan fingerprint density at radius 2 is 1.94 bits per heavy atom. The van der Waals surface area contributed by atoms with Gasteiger partial charge in [-0.2, -0.15) is 0 Å². The van der Waals surface area contributed by atoms with Gasteiger partial charge in [-0.25, -0.2) is 0 Å². The van der Waals surface area contributed by atoms with Gasteiger partial charge in [-0.3, -0.25) is 0 Å². The summed E-state index contributed by atoms with van der Waals surface area (Å²) in [6, 6.07) is 8.46. The molecule has 0 aliphatic carbocycles. The number of rotatable bonds is 5. The monoisotopic (exact) mass is 319 g/mol. The van der Waals surface area contributed by atoms with E-state index in [1.165, 1.54) is 5.56 Å². The molecule has 90 valence electrons. The summed E-state index contributed by atoms with van der Waals surface area (Å²) in [5, 5.41) is 3.84. The van der Waals surface area contributed by atoms with E-state index >= 15 is 0 Å². The van der Waals surface area contributed by atoms with Gasteiger partial charge < -0.3 is 5.32 Å². The van der Waals surface area contributed by atoms with Crippen LogP contribution in [-0.4, -0.2) is 12.1 Å². The third kappa shape index (κ3) is 3.69. The molecular weight excluding hydrogens is 302 g/mol. The Balaban J connectivity index is 2.93.